The van der Waals surface area contributed by atoms with Gasteiger partial charge >= 0.3 is 0 Å². The molecule has 5 nitrogen and oxygen atoms in total. The smallest absolute Gasteiger partial charge is 0.255 e. The zero-order chi connectivity index (χ0) is 14.8. The first-order valence-corrected chi connectivity index (χ1v) is 7.71. The van der Waals surface area contributed by atoms with Crippen molar-refractivity contribution in [3.8, 4) is 0 Å². The number of halogens is 1. The fourth-order valence-corrected chi connectivity index (χ4v) is 3.12. The molecule has 1 N–H and O–H groups in total. The Morgan fingerprint density at radius 3 is 2.95 bits per heavy atom. The first-order chi connectivity index (χ1) is 10.2. The average molecular weight is 349 g/mol. The number of carbonyl (C=O) groups is 1. The van der Waals surface area contributed by atoms with Gasteiger partial charge in [-0.3, -0.25) is 4.79 Å². The van der Waals surface area contributed by atoms with Crippen LogP contribution in [0.5, 0.6) is 0 Å². The van der Waals surface area contributed by atoms with Gasteiger partial charge in [0, 0.05) is 43.5 Å². The molecule has 0 saturated carbocycles. The van der Waals surface area contributed by atoms with Gasteiger partial charge in [0.15, 0.2) is 0 Å². The number of hydrogen-bond acceptors (Lipinski definition) is 3. The van der Waals surface area contributed by atoms with Gasteiger partial charge in [0.1, 0.15) is 11.9 Å². The molecule has 1 aromatic carbocycles. The summed E-state index contributed by atoms with van der Waals surface area (Å²) < 4.78 is 2.80. The third-order valence-corrected chi connectivity index (χ3v) is 4.46. The lowest BCUT2D eigenvalue weighted by Gasteiger charge is -2.36. The molecule has 3 rings (SSSR count). The van der Waals surface area contributed by atoms with Gasteiger partial charge < -0.3 is 14.8 Å². The molecule has 1 unspecified atom stereocenters. The Morgan fingerprint density at radius 1 is 1.43 bits per heavy atom. The van der Waals surface area contributed by atoms with E-state index in [1.165, 1.54) is 0 Å². The Balaban J connectivity index is 1.93. The van der Waals surface area contributed by atoms with Gasteiger partial charge in [-0.05, 0) is 28.1 Å². The van der Waals surface area contributed by atoms with E-state index >= 15 is 0 Å². The van der Waals surface area contributed by atoms with Gasteiger partial charge in [-0.2, -0.15) is 0 Å². The highest BCUT2D eigenvalue weighted by Crippen LogP contribution is 2.25. The summed E-state index contributed by atoms with van der Waals surface area (Å²) in [5.41, 5.74) is 0.693. The minimum absolute atomic E-state index is 0.0389. The standard InChI is InChI=1S/C15H17BrN4O/c1-19-8-7-18-14(19)13-10-17-6-9-20(13)15(21)11-4-2-3-5-12(11)16/h2-5,7-8,13,17H,6,9-10H2,1H3. The number of aryl methyl sites for hydroxylation is 1. The van der Waals surface area contributed by atoms with Crippen LogP contribution in [-0.2, 0) is 7.05 Å². The highest BCUT2D eigenvalue weighted by Gasteiger charge is 2.31. The van der Waals surface area contributed by atoms with Crippen LogP contribution in [0.25, 0.3) is 0 Å². The second-order valence-electron chi connectivity index (χ2n) is 5.09. The van der Waals surface area contributed by atoms with Gasteiger partial charge in [0.05, 0.1) is 5.56 Å². The van der Waals surface area contributed by atoms with Crippen molar-refractivity contribution in [1.82, 2.24) is 19.8 Å². The summed E-state index contributed by atoms with van der Waals surface area (Å²) in [6.45, 7) is 2.20. The number of nitrogens with zero attached hydrogens (tertiary/aromatic N) is 3. The van der Waals surface area contributed by atoms with Crippen molar-refractivity contribution in [2.24, 2.45) is 7.05 Å². The molecule has 0 bridgehead atoms. The van der Waals surface area contributed by atoms with Gasteiger partial charge in [0.2, 0.25) is 0 Å². The predicted octanol–water partition coefficient (Wildman–Crippen LogP) is 1.97. The Hall–Kier alpha value is -1.66. The number of aromatic nitrogens is 2. The van der Waals surface area contributed by atoms with Crippen molar-refractivity contribution >= 4 is 21.8 Å². The van der Waals surface area contributed by atoms with Crippen LogP contribution in [0.2, 0.25) is 0 Å². The van der Waals surface area contributed by atoms with Crippen LogP contribution in [0.1, 0.15) is 22.2 Å². The first-order valence-electron chi connectivity index (χ1n) is 6.92. The van der Waals surface area contributed by atoms with E-state index in [9.17, 15) is 4.79 Å². The summed E-state index contributed by atoms with van der Waals surface area (Å²) in [4.78, 5) is 19.2. The van der Waals surface area contributed by atoms with Crippen molar-refractivity contribution in [2.45, 2.75) is 6.04 Å². The number of amides is 1. The molecule has 1 aliphatic rings. The van der Waals surface area contributed by atoms with Crippen LogP contribution >= 0.6 is 15.9 Å². The number of nitrogens with one attached hydrogen (secondary N) is 1. The lowest BCUT2D eigenvalue weighted by atomic mass is 10.1. The van der Waals surface area contributed by atoms with E-state index in [4.69, 9.17) is 0 Å². The molecule has 1 fully saturated rings. The maximum atomic E-state index is 12.9. The Morgan fingerprint density at radius 2 is 2.24 bits per heavy atom. The molecule has 1 aliphatic heterocycles. The topological polar surface area (TPSA) is 50.2 Å². The monoisotopic (exact) mass is 348 g/mol. The van der Waals surface area contributed by atoms with E-state index in [-0.39, 0.29) is 11.9 Å². The normalized spacial score (nSPS) is 18.8. The molecule has 1 atom stereocenters. The summed E-state index contributed by atoms with van der Waals surface area (Å²) in [7, 11) is 1.96. The zero-order valence-electron chi connectivity index (χ0n) is 11.8. The average Bonchev–Trinajstić information content (AvgIpc) is 2.93. The van der Waals surface area contributed by atoms with E-state index in [2.05, 4.69) is 26.2 Å². The third-order valence-electron chi connectivity index (χ3n) is 3.77. The van der Waals surface area contributed by atoms with Gasteiger partial charge in [0.25, 0.3) is 5.91 Å². The molecule has 21 heavy (non-hydrogen) atoms. The summed E-state index contributed by atoms with van der Waals surface area (Å²) in [5.74, 6) is 0.944. The molecule has 2 aromatic rings. The molecule has 6 heteroatoms. The van der Waals surface area contributed by atoms with Crippen LogP contribution in [0.4, 0.5) is 0 Å². The molecule has 0 aliphatic carbocycles. The van der Waals surface area contributed by atoms with E-state index < -0.39 is 0 Å². The minimum Gasteiger partial charge on any atom is -0.336 e. The summed E-state index contributed by atoms with van der Waals surface area (Å²) in [5, 5.41) is 3.34. The number of hydrogen-bond donors (Lipinski definition) is 1. The van der Waals surface area contributed by atoms with Crippen molar-refractivity contribution in [3.05, 3.63) is 52.5 Å². The van der Waals surface area contributed by atoms with Crippen LogP contribution in [-0.4, -0.2) is 40.0 Å². The third kappa shape index (κ3) is 2.73. The fourth-order valence-electron chi connectivity index (χ4n) is 2.67. The summed E-state index contributed by atoms with van der Waals surface area (Å²) >= 11 is 3.46. The second kappa shape index (κ2) is 5.99. The van der Waals surface area contributed by atoms with E-state index in [1.54, 1.807) is 6.20 Å². The van der Waals surface area contributed by atoms with Gasteiger partial charge in [-0.15, -0.1) is 0 Å². The second-order valence-corrected chi connectivity index (χ2v) is 5.95. The summed E-state index contributed by atoms with van der Waals surface area (Å²) in [6.07, 6.45) is 3.68. The SMILES string of the molecule is Cn1ccnc1C1CNCCN1C(=O)c1ccccc1Br. The number of rotatable bonds is 2. The molecule has 1 saturated heterocycles. The quantitative estimate of drug-likeness (QED) is 0.902. The molecule has 1 amide bonds. The molecule has 0 radical (unpaired) electrons. The Kier molecular flexibility index (Phi) is 4.07. The fraction of sp³-hybridized carbons (Fsp3) is 0.333. The number of carbonyl (C=O) groups excluding carboxylic acids is 1. The zero-order valence-corrected chi connectivity index (χ0v) is 13.4. The van der Waals surface area contributed by atoms with Crippen molar-refractivity contribution in [1.29, 1.82) is 0 Å². The lowest BCUT2D eigenvalue weighted by molar-refractivity contribution is 0.0620. The van der Waals surface area contributed by atoms with Crippen LogP contribution in [0.3, 0.4) is 0 Å². The first kappa shape index (κ1) is 14.3. The van der Waals surface area contributed by atoms with E-state index in [0.717, 1.165) is 23.4 Å². The molecule has 1 aromatic heterocycles. The maximum Gasteiger partial charge on any atom is 0.255 e. The lowest BCUT2D eigenvalue weighted by Crippen LogP contribution is -2.49. The van der Waals surface area contributed by atoms with Crippen LogP contribution < -0.4 is 5.32 Å². The minimum atomic E-state index is -0.0432. The molecular weight excluding hydrogens is 332 g/mol. The Labute approximate surface area is 132 Å². The highest BCUT2D eigenvalue weighted by atomic mass is 79.9. The Bertz CT molecular complexity index is 655. The predicted molar refractivity (Wildman–Crippen MR) is 84.0 cm³/mol. The van der Waals surface area contributed by atoms with Gasteiger partial charge in [-0.1, -0.05) is 12.1 Å². The number of imidazole rings is 1. The summed E-state index contributed by atoms with van der Waals surface area (Å²) in [6, 6.07) is 7.50. The molecule has 0 spiro atoms. The van der Waals surface area contributed by atoms with E-state index in [0.29, 0.717) is 12.1 Å². The molecule has 2 heterocycles. The maximum absolute atomic E-state index is 12.9. The number of benzene rings is 1. The van der Waals surface area contributed by atoms with Gasteiger partial charge in [-0.25, -0.2) is 4.98 Å². The molecule has 110 valence electrons. The van der Waals surface area contributed by atoms with Crippen molar-refractivity contribution < 1.29 is 4.79 Å². The largest absolute Gasteiger partial charge is 0.336 e. The molecular formula is C15H17BrN4O. The van der Waals surface area contributed by atoms with Crippen LogP contribution in [0.15, 0.2) is 41.1 Å². The van der Waals surface area contributed by atoms with Crippen molar-refractivity contribution in [3.63, 3.8) is 0 Å². The highest BCUT2D eigenvalue weighted by molar-refractivity contribution is 9.10. The van der Waals surface area contributed by atoms with Crippen LogP contribution in [0, 0.1) is 0 Å². The number of piperazine rings is 1. The van der Waals surface area contributed by atoms with E-state index in [1.807, 2.05) is 47.0 Å². The van der Waals surface area contributed by atoms with Crippen molar-refractivity contribution in [2.75, 3.05) is 19.6 Å².